The van der Waals surface area contributed by atoms with Crippen LogP contribution in [-0.2, 0) is 42.9 Å². The van der Waals surface area contributed by atoms with Crippen molar-refractivity contribution in [1.82, 2.24) is 9.55 Å². The third-order valence-electron chi connectivity index (χ3n) is 3.98. The Kier molecular flexibility index (Phi) is 7.10. The molecule has 1 fully saturated rings. The monoisotopic (exact) mass is 428 g/mol. The highest BCUT2D eigenvalue weighted by molar-refractivity contribution is 5.77. The van der Waals surface area contributed by atoms with E-state index in [1.807, 2.05) is 4.98 Å². The van der Waals surface area contributed by atoms with Crippen molar-refractivity contribution in [3.8, 4) is 0 Å². The number of esters is 4. The largest absolute Gasteiger partial charge is 0.467 e. The van der Waals surface area contributed by atoms with Crippen LogP contribution in [0.5, 0.6) is 0 Å². The summed E-state index contributed by atoms with van der Waals surface area (Å²) in [7, 11) is 1.04. The lowest BCUT2D eigenvalue weighted by atomic mass is 9.96. The SMILES string of the molecule is COC(=O)[C@@H]1O[C@H](n2ccc(=O)[nH]c2=O)[C@H](OC(C)=O)[C@@H](OC(C)=O)[C@H]1OC(C)=O. The molecule has 13 nitrogen and oxygen atoms in total. The zero-order valence-corrected chi connectivity index (χ0v) is 16.5. The molecular formula is C17H20N2O11. The Morgan fingerprint density at radius 1 is 0.933 bits per heavy atom. The van der Waals surface area contributed by atoms with Crippen LogP contribution in [0.15, 0.2) is 21.9 Å². The number of ether oxygens (including phenoxy) is 5. The third kappa shape index (κ3) is 5.11. The first kappa shape index (κ1) is 22.8. The molecule has 30 heavy (non-hydrogen) atoms. The van der Waals surface area contributed by atoms with Gasteiger partial charge in [-0.2, -0.15) is 0 Å². The lowest BCUT2D eigenvalue weighted by molar-refractivity contribution is -0.263. The van der Waals surface area contributed by atoms with E-state index in [1.54, 1.807) is 0 Å². The topological polar surface area (TPSA) is 169 Å². The zero-order valence-electron chi connectivity index (χ0n) is 16.5. The van der Waals surface area contributed by atoms with Crippen LogP contribution in [0, 0.1) is 0 Å². The number of hydrogen-bond acceptors (Lipinski definition) is 11. The van der Waals surface area contributed by atoms with Gasteiger partial charge in [0.2, 0.25) is 0 Å². The molecule has 164 valence electrons. The number of hydrogen-bond donors (Lipinski definition) is 1. The van der Waals surface area contributed by atoms with Gasteiger partial charge in [0.25, 0.3) is 5.56 Å². The van der Waals surface area contributed by atoms with Gasteiger partial charge in [0, 0.05) is 33.0 Å². The molecule has 2 heterocycles. The fourth-order valence-electron chi connectivity index (χ4n) is 2.95. The minimum Gasteiger partial charge on any atom is -0.467 e. The molecule has 0 bridgehead atoms. The van der Waals surface area contributed by atoms with Crippen molar-refractivity contribution in [2.45, 2.75) is 51.4 Å². The van der Waals surface area contributed by atoms with Crippen molar-refractivity contribution in [2.75, 3.05) is 7.11 Å². The second kappa shape index (κ2) is 9.35. The second-order valence-corrected chi connectivity index (χ2v) is 6.21. The Balaban J connectivity index is 2.66. The number of carbonyl (C=O) groups excluding carboxylic acids is 4. The molecule has 0 spiro atoms. The number of nitrogens with one attached hydrogen (secondary N) is 1. The van der Waals surface area contributed by atoms with Gasteiger partial charge in [-0.05, 0) is 0 Å². The van der Waals surface area contributed by atoms with Crippen LogP contribution in [0.2, 0.25) is 0 Å². The van der Waals surface area contributed by atoms with Crippen LogP contribution in [0.1, 0.15) is 27.0 Å². The summed E-state index contributed by atoms with van der Waals surface area (Å²) in [6, 6.07) is 0.988. The number of carbonyl (C=O) groups is 4. The maximum atomic E-state index is 12.3. The summed E-state index contributed by atoms with van der Waals surface area (Å²) in [5.74, 6) is -3.56. The fourth-order valence-corrected chi connectivity index (χ4v) is 2.95. The summed E-state index contributed by atoms with van der Waals surface area (Å²) < 4.78 is 26.6. The van der Waals surface area contributed by atoms with E-state index in [0.717, 1.165) is 44.7 Å². The van der Waals surface area contributed by atoms with Gasteiger partial charge in [-0.1, -0.05) is 0 Å². The Morgan fingerprint density at radius 2 is 1.47 bits per heavy atom. The summed E-state index contributed by atoms with van der Waals surface area (Å²) >= 11 is 0. The molecule has 0 radical (unpaired) electrons. The first-order chi connectivity index (χ1) is 14.0. The average molecular weight is 428 g/mol. The summed E-state index contributed by atoms with van der Waals surface area (Å²) in [6.45, 7) is 3.13. The molecule has 0 unspecified atom stereocenters. The standard InChI is InChI=1S/C17H20N2O11/c1-7(20)27-11-12(28-8(2)21)14(16(24)26-4)30-15(13(11)29-9(3)22)19-6-5-10(23)18-17(19)25/h5-6,11-15H,1-4H3,(H,18,23,25)/t11-,12+,13+,14+,15-/m0/s1. The summed E-state index contributed by atoms with van der Waals surface area (Å²) in [4.78, 5) is 73.0. The first-order valence-electron chi connectivity index (χ1n) is 8.61. The van der Waals surface area contributed by atoms with Crippen LogP contribution in [0.25, 0.3) is 0 Å². The molecule has 1 aliphatic heterocycles. The van der Waals surface area contributed by atoms with E-state index >= 15 is 0 Å². The van der Waals surface area contributed by atoms with Gasteiger partial charge in [0.05, 0.1) is 7.11 Å². The molecule has 13 heteroatoms. The Hall–Kier alpha value is -3.48. The number of aromatic nitrogens is 2. The summed E-state index contributed by atoms with van der Waals surface area (Å²) in [5, 5.41) is 0. The molecule has 1 aromatic rings. The van der Waals surface area contributed by atoms with E-state index in [2.05, 4.69) is 4.74 Å². The van der Waals surface area contributed by atoms with Crippen LogP contribution >= 0.6 is 0 Å². The molecule has 1 aliphatic rings. The highest BCUT2D eigenvalue weighted by Gasteiger charge is 2.55. The summed E-state index contributed by atoms with van der Waals surface area (Å²) in [5.41, 5.74) is -1.67. The smallest absolute Gasteiger partial charge is 0.339 e. The quantitative estimate of drug-likeness (QED) is 0.423. The second-order valence-electron chi connectivity index (χ2n) is 6.21. The number of rotatable bonds is 5. The maximum absolute atomic E-state index is 12.3. The molecule has 0 aromatic carbocycles. The van der Waals surface area contributed by atoms with Gasteiger partial charge in [-0.15, -0.1) is 0 Å². The van der Waals surface area contributed by atoms with E-state index < -0.39 is 65.8 Å². The highest BCUT2D eigenvalue weighted by Crippen LogP contribution is 2.34. The Bertz CT molecular complexity index is 950. The van der Waals surface area contributed by atoms with Gasteiger partial charge in [0.1, 0.15) is 0 Å². The molecule has 2 rings (SSSR count). The fraction of sp³-hybridized carbons (Fsp3) is 0.529. The van der Waals surface area contributed by atoms with E-state index in [1.165, 1.54) is 0 Å². The molecule has 0 aliphatic carbocycles. The molecule has 1 N–H and O–H groups in total. The van der Waals surface area contributed by atoms with Crippen molar-refractivity contribution >= 4 is 23.9 Å². The lowest BCUT2D eigenvalue weighted by Gasteiger charge is -2.43. The molecule has 1 aromatic heterocycles. The van der Waals surface area contributed by atoms with E-state index in [0.29, 0.717) is 0 Å². The van der Waals surface area contributed by atoms with Crippen LogP contribution in [0.3, 0.4) is 0 Å². The van der Waals surface area contributed by atoms with E-state index in [9.17, 15) is 28.8 Å². The van der Waals surface area contributed by atoms with Crippen molar-refractivity contribution < 1.29 is 42.9 Å². The third-order valence-corrected chi connectivity index (χ3v) is 3.98. The molecule has 0 amide bonds. The maximum Gasteiger partial charge on any atom is 0.339 e. The van der Waals surface area contributed by atoms with Crippen LogP contribution < -0.4 is 11.2 Å². The molecule has 0 saturated carbocycles. The predicted molar refractivity (Wildman–Crippen MR) is 93.9 cm³/mol. The molecular weight excluding hydrogens is 408 g/mol. The van der Waals surface area contributed by atoms with Gasteiger partial charge >= 0.3 is 29.6 Å². The zero-order chi connectivity index (χ0) is 22.6. The predicted octanol–water partition coefficient (Wildman–Crippen LogP) is -1.60. The van der Waals surface area contributed by atoms with Gasteiger partial charge in [-0.3, -0.25) is 28.7 Å². The lowest BCUT2D eigenvalue weighted by Crippen LogP contribution is -2.62. The molecule has 1 saturated heterocycles. The van der Waals surface area contributed by atoms with E-state index in [-0.39, 0.29) is 0 Å². The number of H-pyrrole nitrogens is 1. The van der Waals surface area contributed by atoms with Gasteiger partial charge in [0.15, 0.2) is 30.6 Å². The van der Waals surface area contributed by atoms with Crippen molar-refractivity contribution in [3.05, 3.63) is 33.1 Å². The molecule has 5 atom stereocenters. The van der Waals surface area contributed by atoms with Crippen molar-refractivity contribution in [2.24, 2.45) is 0 Å². The average Bonchev–Trinajstić information content (AvgIpc) is 2.63. The minimum atomic E-state index is -1.65. The number of nitrogens with zero attached hydrogens (tertiary/aromatic N) is 1. The first-order valence-corrected chi connectivity index (χ1v) is 8.61. The number of methoxy groups -OCH3 is 1. The van der Waals surface area contributed by atoms with Crippen molar-refractivity contribution in [1.29, 1.82) is 0 Å². The Labute approximate surface area is 168 Å². The van der Waals surface area contributed by atoms with Crippen molar-refractivity contribution in [3.63, 3.8) is 0 Å². The normalized spacial score (nSPS) is 25.7. The minimum absolute atomic E-state index is 0.713. The summed E-state index contributed by atoms with van der Waals surface area (Å²) in [6.07, 6.45) is -6.79. The van der Waals surface area contributed by atoms with Gasteiger partial charge in [-0.25, -0.2) is 9.59 Å². The van der Waals surface area contributed by atoms with Crippen LogP contribution in [0.4, 0.5) is 0 Å². The Morgan fingerprint density at radius 3 is 1.97 bits per heavy atom. The van der Waals surface area contributed by atoms with Gasteiger partial charge < -0.3 is 23.7 Å². The number of aromatic amines is 1. The highest BCUT2D eigenvalue weighted by atomic mass is 16.7. The van der Waals surface area contributed by atoms with E-state index in [4.69, 9.17) is 18.9 Å². The van der Waals surface area contributed by atoms with Crippen LogP contribution in [-0.4, -0.2) is 65.0 Å².